The molecule has 5 nitrogen and oxygen atoms in total. The number of ether oxygens (including phenoxy) is 2. The number of hydrogen-bond donors (Lipinski definition) is 0. The van der Waals surface area contributed by atoms with Gasteiger partial charge < -0.3 is 9.47 Å². The van der Waals surface area contributed by atoms with Gasteiger partial charge in [-0.15, -0.1) is 11.8 Å². The van der Waals surface area contributed by atoms with Crippen LogP contribution < -0.4 is 4.74 Å². The van der Waals surface area contributed by atoms with Crippen molar-refractivity contribution >= 4 is 23.8 Å². The second-order valence-corrected chi connectivity index (χ2v) is 7.49. The first-order chi connectivity index (χ1) is 13.1. The van der Waals surface area contributed by atoms with Crippen molar-refractivity contribution in [2.75, 3.05) is 26.0 Å². The van der Waals surface area contributed by atoms with Crippen molar-refractivity contribution in [1.29, 1.82) is 0 Å². The second kappa shape index (κ2) is 8.95. The number of methoxy groups -OCH3 is 1. The third-order valence-electron chi connectivity index (χ3n) is 4.52. The molecule has 142 valence electrons. The zero-order valence-corrected chi connectivity index (χ0v) is 16.3. The van der Waals surface area contributed by atoms with Crippen LogP contribution in [-0.2, 0) is 9.53 Å². The van der Waals surface area contributed by atoms with E-state index in [-0.39, 0.29) is 11.8 Å². The number of aryl methyl sites for hydroxylation is 1. The molecular formula is C21H23NO4S. The first-order valence-corrected chi connectivity index (χ1v) is 9.86. The minimum absolute atomic E-state index is 0.151. The predicted octanol–water partition coefficient (Wildman–Crippen LogP) is 4.25. The largest absolute Gasteiger partial charge is 0.497 e. The highest BCUT2D eigenvalue weighted by Crippen LogP contribution is 2.43. The fourth-order valence-corrected chi connectivity index (χ4v) is 4.31. The molecule has 2 heterocycles. The summed E-state index contributed by atoms with van der Waals surface area (Å²) in [7, 11) is 1.64. The highest BCUT2D eigenvalue weighted by atomic mass is 32.2. The number of hydrogen-bond acceptors (Lipinski definition) is 5. The molecule has 27 heavy (non-hydrogen) atoms. The van der Waals surface area contributed by atoms with Gasteiger partial charge in [-0.3, -0.25) is 4.79 Å². The Labute approximate surface area is 163 Å². The lowest BCUT2D eigenvalue weighted by Gasteiger charge is -2.15. The van der Waals surface area contributed by atoms with Crippen LogP contribution in [0.3, 0.4) is 0 Å². The third-order valence-corrected chi connectivity index (χ3v) is 5.76. The van der Waals surface area contributed by atoms with Crippen LogP contribution in [0, 0.1) is 6.92 Å². The Morgan fingerprint density at radius 3 is 2.63 bits per heavy atom. The van der Waals surface area contributed by atoms with Gasteiger partial charge in [-0.1, -0.05) is 42.0 Å². The van der Waals surface area contributed by atoms with Crippen LogP contribution in [0.15, 0.2) is 53.4 Å². The topological polar surface area (TPSA) is 55.8 Å². The quantitative estimate of drug-likeness (QED) is 0.791. The SMILES string of the molecule is COc1ccc2c(c1)SCC2CC(=O)N1CCOC1=O.Cc1ccccc1. The smallest absolute Gasteiger partial charge is 0.416 e. The molecule has 0 aromatic heterocycles. The summed E-state index contributed by atoms with van der Waals surface area (Å²) in [4.78, 5) is 25.9. The lowest BCUT2D eigenvalue weighted by molar-refractivity contribution is -0.128. The molecule has 1 saturated heterocycles. The van der Waals surface area contributed by atoms with Gasteiger partial charge in [-0.2, -0.15) is 0 Å². The molecule has 2 aliphatic rings. The number of nitrogens with zero attached hydrogens (tertiary/aromatic N) is 1. The number of benzene rings is 2. The second-order valence-electron chi connectivity index (χ2n) is 6.43. The highest BCUT2D eigenvalue weighted by Gasteiger charge is 2.32. The fourth-order valence-electron chi connectivity index (χ4n) is 3.03. The Hall–Kier alpha value is -2.47. The molecule has 1 unspecified atom stereocenters. The molecular weight excluding hydrogens is 362 g/mol. The summed E-state index contributed by atoms with van der Waals surface area (Å²) in [5.74, 6) is 1.69. The Balaban J connectivity index is 0.000000253. The van der Waals surface area contributed by atoms with Crippen LogP contribution >= 0.6 is 11.8 Å². The van der Waals surface area contributed by atoms with Gasteiger partial charge in [0.2, 0.25) is 5.91 Å². The van der Waals surface area contributed by atoms with Gasteiger partial charge in [0.15, 0.2) is 0 Å². The molecule has 2 aliphatic heterocycles. The molecule has 0 bridgehead atoms. The van der Waals surface area contributed by atoms with Gasteiger partial charge in [0.05, 0.1) is 13.7 Å². The standard InChI is InChI=1S/C14H15NO4S.C7H8/c1-18-10-2-3-11-9(8-20-12(11)7-10)6-13(16)15-4-5-19-14(15)17;1-7-5-3-2-4-6-7/h2-3,7,9H,4-6,8H2,1H3;2-6H,1H3. The van der Waals surface area contributed by atoms with Crippen LogP contribution in [0.2, 0.25) is 0 Å². The van der Waals surface area contributed by atoms with Crippen LogP contribution in [0.25, 0.3) is 0 Å². The summed E-state index contributed by atoms with van der Waals surface area (Å²) in [6.07, 6.45) is -0.169. The number of imide groups is 1. The van der Waals surface area contributed by atoms with E-state index >= 15 is 0 Å². The zero-order chi connectivity index (χ0) is 19.2. The summed E-state index contributed by atoms with van der Waals surface area (Å²) in [6.45, 7) is 2.75. The summed E-state index contributed by atoms with van der Waals surface area (Å²) in [5, 5.41) is 0. The van der Waals surface area contributed by atoms with Crippen molar-refractivity contribution in [3.8, 4) is 5.75 Å². The average Bonchev–Trinajstić information content (AvgIpc) is 3.28. The molecule has 1 atom stereocenters. The maximum atomic E-state index is 12.1. The van der Waals surface area contributed by atoms with Crippen molar-refractivity contribution in [3.05, 3.63) is 59.7 Å². The summed E-state index contributed by atoms with van der Waals surface area (Å²) in [5.41, 5.74) is 2.49. The Kier molecular flexibility index (Phi) is 6.40. The normalized spacial score (nSPS) is 17.6. The van der Waals surface area contributed by atoms with E-state index in [9.17, 15) is 9.59 Å². The van der Waals surface area contributed by atoms with Crippen LogP contribution in [0.5, 0.6) is 5.75 Å². The maximum absolute atomic E-state index is 12.1. The minimum atomic E-state index is -0.518. The molecule has 0 radical (unpaired) electrons. The Morgan fingerprint density at radius 2 is 2.04 bits per heavy atom. The van der Waals surface area contributed by atoms with Crippen LogP contribution in [0.1, 0.15) is 23.5 Å². The van der Waals surface area contributed by atoms with Crippen LogP contribution in [-0.4, -0.2) is 42.9 Å². The van der Waals surface area contributed by atoms with E-state index in [0.29, 0.717) is 19.6 Å². The van der Waals surface area contributed by atoms with Gasteiger partial charge in [-0.25, -0.2) is 9.69 Å². The molecule has 0 spiro atoms. The number of thioether (sulfide) groups is 1. The van der Waals surface area contributed by atoms with Gasteiger partial charge >= 0.3 is 6.09 Å². The number of carbonyl (C=O) groups excluding carboxylic acids is 2. The lowest BCUT2D eigenvalue weighted by atomic mass is 9.97. The van der Waals surface area contributed by atoms with Crippen molar-refractivity contribution in [2.24, 2.45) is 0 Å². The molecule has 0 aliphatic carbocycles. The molecule has 0 saturated carbocycles. The Bertz CT molecular complexity index is 809. The minimum Gasteiger partial charge on any atom is -0.497 e. The molecule has 0 N–H and O–H groups in total. The maximum Gasteiger partial charge on any atom is 0.416 e. The summed E-state index contributed by atoms with van der Waals surface area (Å²) < 4.78 is 10.00. The van der Waals surface area contributed by atoms with Crippen LogP contribution in [0.4, 0.5) is 4.79 Å². The van der Waals surface area contributed by atoms with E-state index in [0.717, 1.165) is 22.0 Å². The highest BCUT2D eigenvalue weighted by molar-refractivity contribution is 7.99. The first kappa shape index (κ1) is 19.3. The average molecular weight is 385 g/mol. The third kappa shape index (κ3) is 4.83. The number of carbonyl (C=O) groups is 2. The van der Waals surface area contributed by atoms with Crippen molar-refractivity contribution < 1.29 is 19.1 Å². The molecule has 4 rings (SSSR count). The van der Waals surface area contributed by atoms with E-state index in [2.05, 4.69) is 19.1 Å². The number of fused-ring (bicyclic) bond motifs is 1. The van der Waals surface area contributed by atoms with Gasteiger partial charge in [0.1, 0.15) is 12.4 Å². The van der Waals surface area contributed by atoms with Gasteiger partial charge in [-0.05, 0) is 24.6 Å². The van der Waals surface area contributed by atoms with Gasteiger partial charge in [0, 0.05) is 23.0 Å². The monoisotopic (exact) mass is 385 g/mol. The molecule has 6 heteroatoms. The fraction of sp³-hybridized carbons (Fsp3) is 0.333. The van der Waals surface area contributed by atoms with Crippen molar-refractivity contribution in [3.63, 3.8) is 0 Å². The number of cyclic esters (lactones) is 1. The lowest BCUT2D eigenvalue weighted by Crippen LogP contribution is -2.32. The van der Waals surface area contributed by atoms with Crippen molar-refractivity contribution in [2.45, 2.75) is 24.2 Å². The molecule has 1 fully saturated rings. The van der Waals surface area contributed by atoms with Gasteiger partial charge in [0.25, 0.3) is 0 Å². The van der Waals surface area contributed by atoms with E-state index in [1.165, 1.54) is 10.5 Å². The summed E-state index contributed by atoms with van der Waals surface area (Å²) in [6, 6.07) is 16.2. The summed E-state index contributed by atoms with van der Waals surface area (Å²) >= 11 is 1.72. The first-order valence-electron chi connectivity index (χ1n) is 8.88. The molecule has 2 aromatic carbocycles. The Morgan fingerprint density at radius 1 is 1.26 bits per heavy atom. The number of amides is 2. The zero-order valence-electron chi connectivity index (χ0n) is 15.5. The molecule has 2 aromatic rings. The van der Waals surface area contributed by atoms with E-state index in [1.807, 2.05) is 36.4 Å². The van der Waals surface area contributed by atoms with E-state index < -0.39 is 6.09 Å². The van der Waals surface area contributed by atoms with E-state index in [1.54, 1.807) is 18.9 Å². The predicted molar refractivity (Wildman–Crippen MR) is 105 cm³/mol. The van der Waals surface area contributed by atoms with E-state index in [4.69, 9.17) is 9.47 Å². The number of rotatable bonds is 3. The molecule has 2 amide bonds. The van der Waals surface area contributed by atoms with Crippen molar-refractivity contribution in [1.82, 2.24) is 4.90 Å².